The summed E-state index contributed by atoms with van der Waals surface area (Å²) in [5, 5.41) is 3.73. The van der Waals surface area contributed by atoms with Crippen LogP contribution in [-0.2, 0) is 20.7 Å². The van der Waals surface area contributed by atoms with Crippen molar-refractivity contribution in [2.45, 2.75) is 26.6 Å². The van der Waals surface area contributed by atoms with Crippen molar-refractivity contribution in [1.82, 2.24) is 9.36 Å². The van der Waals surface area contributed by atoms with Gasteiger partial charge in [0.05, 0.1) is 24.6 Å². The maximum atomic E-state index is 13.7. The molecule has 1 heterocycles. The summed E-state index contributed by atoms with van der Waals surface area (Å²) in [4.78, 5) is 13.4. The quantitative estimate of drug-likeness (QED) is 0.423. The molecule has 0 radical (unpaired) electrons. The first-order valence-electron chi connectivity index (χ1n) is 10.1. The van der Waals surface area contributed by atoms with Crippen molar-refractivity contribution in [2.24, 2.45) is 7.05 Å². The maximum Gasteiger partial charge on any atom is 0.357 e. The van der Waals surface area contributed by atoms with Crippen LogP contribution >= 0.6 is 19.2 Å². The van der Waals surface area contributed by atoms with E-state index in [0.29, 0.717) is 22.0 Å². The van der Waals surface area contributed by atoms with Gasteiger partial charge in [-0.05, 0) is 50.6 Å². The SMILES string of the molecule is CCOP(=O)(OCC)C(Nc1c(C)n(C)n(-c2ccccc2)c1=O)c1ccc(Cl)cc1. The standard InChI is InChI=1S/C22H27ClN3O4P/c1-5-29-31(28,30-6-2)21(17-12-14-18(23)15-13-17)24-20-16(3)25(4)26(22(20)27)19-10-8-7-9-11-19/h7-15,21,24H,5-6H2,1-4H3. The Balaban J connectivity index is 2.13. The van der Waals surface area contributed by atoms with Crippen LogP contribution in [0.2, 0.25) is 5.02 Å². The molecule has 0 amide bonds. The minimum atomic E-state index is -3.66. The molecule has 3 aromatic rings. The summed E-state index contributed by atoms with van der Waals surface area (Å²) in [6.45, 7) is 5.73. The number of rotatable bonds is 9. The van der Waals surface area contributed by atoms with Crippen LogP contribution < -0.4 is 10.9 Å². The van der Waals surface area contributed by atoms with Gasteiger partial charge in [-0.25, -0.2) is 4.68 Å². The molecule has 1 aromatic heterocycles. The molecule has 1 atom stereocenters. The Labute approximate surface area is 187 Å². The molecule has 9 heteroatoms. The zero-order valence-corrected chi connectivity index (χ0v) is 19.7. The molecule has 0 bridgehead atoms. The molecule has 2 aromatic carbocycles. The third kappa shape index (κ3) is 4.80. The molecule has 0 aliphatic rings. The van der Waals surface area contributed by atoms with E-state index in [4.69, 9.17) is 20.6 Å². The summed E-state index contributed by atoms with van der Waals surface area (Å²) in [5.74, 6) is -0.886. The number of para-hydroxylation sites is 1. The van der Waals surface area contributed by atoms with E-state index < -0.39 is 13.4 Å². The molecule has 0 saturated heterocycles. The van der Waals surface area contributed by atoms with E-state index in [2.05, 4.69) is 5.32 Å². The first kappa shape index (κ1) is 23.4. The van der Waals surface area contributed by atoms with Crippen LogP contribution in [0.5, 0.6) is 0 Å². The normalized spacial score (nSPS) is 12.7. The highest BCUT2D eigenvalue weighted by atomic mass is 35.5. The lowest BCUT2D eigenvalue weighted by Crippen LogP contribution is -2.23. The largest absolute Gasteiger partial charge is 0.362 e. The summed E-state index contributed by atoms with van der Waals surface area (Å²) >= 11 is 6.05. The van der Waals surface area contributed by atoms with Crippen LogP contribution in [0.25, 0.3) is 5.69 Å². The smallest absolute Gasteiger partial charge is 0.357 e. The Kier molecular flexibility index (Phi) is 7.44. The highest BCUT2D eigenvalue weighted by Crippen LogP contribution is 2.60. The lowest BCUT2D eigenvalue weighted by Gasteiger charge is -2.27. The molecule has 1 unspecified atom stereocenters. The fourth-order valence-electron chi connectivity index (χ4n) is 3.41. The van der Waals surface area contributed by atoms with E-state index in [1.54, 1.807) is 54.5 Å². The molecule has 31 heavy (non-hydrogen) atoms. The Morgan fingerprint density at radius 3 is 2.16 bits per heavy atom. The van der Waals surface area contributed by atoms with Crippen molar-refractivity contribution in [1.29, 1.82) is 0 Å². The Bertz CT molecular complexity index is 1120. The second-order valence-corrected chi connectivity index (χ2v) is 9.46. The first-order valence-corrected chi connectivity index (χ1v) is 12.1. The summed E-state index contributed by atoms with van der Waals surface area (Å²) in [6.07, 6.45) is 0. The highest BCUT2D eigenvalue weighted by Gasteiger charge is 2.38. The second kappa shape index (κ2) is 9.88. The van der Waals surface area contributed by atoms with Gasteiger partial charge in [0.2, 0.25) is 0 Å². The van der Waals surface area contributed by atoms with Gasteiger partial charge in [-0.2, -0.15) is 0 Å². The zero-order chi connectivity index (χ0) is 22.6. The Morgan fingerprint density at radius 1 is 1.03 bits per heavy atom. The predicted molar refractivity (Wildman–Crippen MR) is 124 cm³/mol. The molecule has 1 N–H and O–H groups in total. The Hall–Kier alpha value is -2.31. The zero-order valence-electron chi connectivity index (χ0n) is 18.0. The minimum absolute atomic E-state index is 0.199. The van der Waals surface area contributed by atoms with Crippen LogP contribution in [0.3, 0.4) is 0 Å². The summed E-state index contributed by atoms with van der Waals surface area (Å²) < 4.78 is 28.3. The fraction of sp³-hybridized carbons (Fsp3) is 0.318. The number of halogens is 1. The summed E-state index contributed by atoms with van der Waals surface area (Å²) in [7, 11) is -1.86. The average Bonchev–Trinajstić information content (AvgIpc) is 2.96. The number of benzene rings is 2. The molecule has 7 nitrogen and oxygen atoms in total. The van der Waals surface area contributed by atoms with E-state index >= 15 is 0 Å². The third-order valence-corrected chi connectivity index (χ3v) is 7.50. The van der Waals surface area contributed by atoms with Gasteiger partial charge in [0.15, 0.2) is 5.78 Å². The van der Waals surface area contributed by atoms with E-state index in [9.17, 15) is 9.36 Å². The van der Waals surface area contributed by atoms with Gasteiger partial charge in [0.25, 0.3) is 5.56 Å². The van der Waals surface area contributed by atoms with Crippen molar-refractivity contribution >= 4 is 24.9 Å². The van der Waals surface area contributed by atoms with Crippen molar-refractivity contribution in [3.63, 3.8) is 0 Å². The molecular weight excluding hydrogens is 437 g/mol. The second-order valence-electron chi connectivity index (χ2n) is 6.91. The summed E-state index contributed by atoms with van der Waals surface area (Å²) in [6, 6.07) is 16.2. The van der Waals surface area contributed by atoms with Gasteiger partial charge in [-0.15, -0.1) is 0 Å². The topological polar surface area (TPSA) is 74.5 Å². The molecule has 0 aliphatic heterocycles. The van der Waals surface area contributed by atoms with Crippen LogP contribution in [0, 0.1) is 6.92 Å². The molecule has 0 fully saturated rings. The minimum Gasteiger partial charge on any atom is -0.362 e. The number of nitrogens with zero attached hydrogens (tertiary/aromatic N) is 2. The van der Waals surface area contributed by atoms with Crippen LogP contribution in [0.4, 0.5) is 5.69 Å². The molecule has 0 spiro atoms. The third-order valence-electron chi connectivity index (χ3n) is 4.96. The van der Waals surface area contributed by atoms with Gasteiger partial charge in [-0.3, -0.25) is 14.0 Å². The van der Waals surface area contributed by atoms with Gasteiger partial charge in [0.1, 0.15) is 5.69 Å². The average molecular weight is 464 g/mol. The maximum absolute atomic E-state index is 13.7. The lowest BCUT2D eigenvalue weighted by atomic mass is 10.2. The number of nitrogens with one attached hydrogen (secondary N) is 1. The number of hydrogen-bond acceptors (Lipinski definition) is 5. The number of anilines is 1. The van der Waals surface area contributed by atoms with Gasteiger partial charge < -0.3 is 14.4 Å². The fourth-order valence-corrected chi connectivity index (χ4v) is 5.45. The molecule has 166 valence electrons. The predicted octanol–water partition coefficient (Wildman–Crippen LogP) is 5.51. The number of hydrogen-bond donors (Lipinski definition) is 1. The van der Waals surface area contributed by atoms with Crippen molar-refractivity contribution in [2.75, 3.05) is 18.5 Å². The lowest BCUT2D eigenvalue weighted by molar-refractivity contribution is 0.214. The summed E-state index contributed by atoms with van der Waals surface area (Å²) in [5.41, 5.74) is 2.12. The van der Waals surface area contributed by atoms with Gasteiger partial charge in [0, 0.05) is 12.1 Å². The first-order chi connectivity index (χ1) is 14.8. The molecule has 3 rings (SSSR count). The molecular formula is C22H27ClN3O4P. The van der Waals surface area contributed by atoms with Crippen molar-refractivity contribution in [3.05, 3.63) is 81.2 Å². The van der Waals surface area contributed by atoms with Gasteiger partial charge in [-0.1, -0.05) is 41.9 Å². The van der Waals surface area contributed by atoms with E-state index in [1.165, 1.54) is 0 Å². The monoisotopic (exact) mass is 463 g/mol. The van der Waals surface area contributed by atoms with Crippen molar-refractivity contribution in [3.8, 4) is 5.69 Å². The van der Waals surface area contributed by atoms with Crippen molar-refractivity contribution < 1.29 is 13.6 Å². The van der Waals surface area contributed by atoms with E-state index in [-0.39, 0.29) is 18.8 Å². The van der Waals surface area contributed by atoms with Crippen LogP contribution in [-0.4, -0.2) is 22.6 Å². The van der Waals surface area contributed by atoms with Crippen LogP contribution in [0.15, 0.2) is 59.4 Å². The van der Waals surface area contributed by atoms with Crippen LogP contribution in [0.1, 0.15) is 30.9 Å². The number of aromatic nitrogens is 2. The highest BCUT2D eigenvalue weighted by molar-refractivity contribution is 7.54. The van der Waals surface area contributed by atoms with E-state index in [1.807, 2.05) is 37.3 Å². The Morgan fingerprint density at radius 2 is 1.61 bits per heavy atom. The van der Waals surface area contributed by atoms with E-state index in [0.717, 1.165) is 5.69 Å². The molecule has 0 aliphatic carbocycles. The van der Waals surface area contributed by atoms with Gasteiger partial charge >= 0.3 is 7.60 Å². The molecule has 0 saturated carbocycles.